The van der Waals surface area contributed by atoms with Crippen molar-refractivity contribution >= 4 is 41.9 Å². The zero-order valence-electron chi connectivity index (χ0n) is 16.1. The largest absolute Gasteiger partial charge is 0.357 e. The van der Waals surface area contributed by atoms with Crippen molar-refractivity contribution in [3.63, 3.8) is 0 Å². The lowest BCUT2D eigenvalue weighted by atomic mass is 9.99. The van der Waals surface area contributed by atoms with Crippen molar-refractivity contribution in [1.29, 1.82) is 0 Å². The van der Waals surface area contributed by atoms with Gasteiger partial charge in [-0.3, -0.25) is 14.7 Å². The smallest absolute Gasteiger partial charge is 0.325 e. The lowest BCUT2D eigenvalue weighted by Gasteiger charge is -2.19. The highest BCUT2D eigenvalue weighted by Gasteiger charge is 2.45. The predicted octanol–water partition coefficient (Wildman–Crippen LogP) is 2.32. The summed E-state index contributed by atoms with van der Waals surface area (Å²) >= 11 is 0. The van der Waals surface area contributed by atoms with Crippen LogP contribution in [0.4, 0.5) is 4.79 Å². The van der Waals surface area contributed by atoms with Crippen LogP contribution in [-0.2, 0) is 4.79 Å². The van der Waals surface area contributed by atoms with Crippen LogP contribution in [0.25, 0.3) is 0 Å². The van der Waals surface area contributed by atoms with Crippen molar-refractivity contribution < 1.29 is 9.59 Å². The molecule has 0 saturated carbocycles. The predicted molar refractivity (Wildman–Crippen MR) is 112 cm³/mol. The summed E-state index contributed by atoms with van der Waals surface area (Å²) in [6, 6.07) is -0.296. The summed E-state index contributed by atoms with van der Waals surface area (Å²) in [5.41, 5.74) is -0.756. The molecule has 0 spiro atoms. The van der Waals surface area contributed by atoms with Gasteiger partial charge in [0.1, 0.15) is 5.54 Å². The molecule has 3 N–H and O–H groups in total. The zero-order valence-corrected chi connectivity index (χ0v) is 18.5. The summed E-state index contributed by atoms with van der Waals surface area (Å²) in [5, 5.41) is 9.27. The molecule has 1 fully saturated rings. The molecule has 1 heterocycles. The number of carbonyl (C=O) groups excluding carboxylic acids is 2. The Morgan fingerprint density at radius 3 is 2.48 bits per heavy atom. The topological polar surface area (TPSA) is 85.8 Å². The lowest BCUT2D eigenvalue weighted by molar-refractivity contribution is -0.130. The number of nitrogens with zero attached hydrogens (tertiary/aromatic N) is 2. The third-order valence-electron chi connectivity index (χ3n) is 4.22. The first-order valence-corrected chi connectivity index (χ1v) is 9.00. The van der Waals surface area contributed by atoms with Crippen molar-refractivity contribution in [2.75, 3.05) is 26.2 Å². The Hall–Kier alpha value is -1.06. The maximum Gasteiger partial charge on any atom is 0.325 e. The first kappa shape index (κ1) is 23.9. The van der Waals surface area contributed by atoms with Crippen LogP contribution in [-0.4, -0.2) is 54.5 Å². The number of hydrogen-bond acceptors (Lipinski definition) is 3. The number of aliphatic imine (C=N–C) groups is 1. The van der Waals surface area contributed by atoms with Crippen LogP contribution in [0, 0.1) is 5.92 Å². The van der Waals surface area contributed by atoms with E-state index in [1.165, 1.54) is 4.90 Å². The number of hydrogen-bond donors (Lipinski definition) is 3. The summed E-state index contributed by atoms with van der Waals surface area (Å²) in [6.45, 7) is 12.7. The third-order valence-corrected chi connectivity index (χ3v) is 4.22. The lowest BCUT2D eigenvalue weighted by Crippen LogP contribution is -2.43. The second kappa shape index (κ2) is 11.5. The number of carbonyl (C=O) groups is 2. The average molecular weight is 467 g/mol. The Morgan fingerprint density at radius 2 is 1.96 bits per heavy atom. The molecule has 0 radical (unpaired) electrons. The molecule has 25 heavy (non-hydrogen) atoms. The molecule has 0 aromatic carbocycles. The van der Waals surface area contributed by atoms with Gasteiger partial charge in [-0.15, -0.1) is 24.0 Å². The van der Waals surface area contributed by atoms with Gasteiger partial charge in [0, 0.05) is 26.2 Å². The molecule has 146 valence electrons. The van der Waals surface area contributed by atoms with Gasteiger partial charge in [0.25, 0.3) is 5.91 Å². The SMILES string of the molecule is CCNC(=NCCCN1C(=O)NC(C)(CC)C1=O)NCCC(C)C.I. The van der Waals surface area contributed by atoms with Crippen molar-refractivity contribution in [3.05, 3.63) is 0 Å². The Labute approximate surface area is 168 Å². The third kappa shape index (κ3) is 7.37. The van der Waals surface area contributed by atoms with Gasteiger partial charge >= 0.3 is 6.03 Å². The van der Waals surface area contributed by atoms with E-state index in [0.717, 1.165) is 25.5 Å². The molecule has 1 unspecified atom stereocenters. The number of urea groups is 1. The molecule has 8 heteroatoms. The summed E-state index contributed by atoms with van der Waals surface area (Å²) in [7, 11) is 0. The molecule has 1 aliphatic rings. The maximum atomic E-state index is 12.3. The molecular formula is C17H34IN5O2. The van der Waals surface area contributed by atoms with Crippen LogP contribution in [0.15, 0.2) is 4.99 Å². The van der Waals surface area contributed by atoms with Gasteiger partial charge < -0.3 is 16.0 Å². The highest BCUT2D eigenvalue weighted by Crippen LogP contribution is 2.20. The van der Waals surface area contributed by atoms with Gasteiger partial charge in [0.05, 0.1) is 0 Å². The standard InChI is InChI=1S/C17H33N5O2.HI/c1-6-17(5)14(23)22(16(24)21-17)12-8-10-19-15(18-7-2)20-11-9-13(3)4;/h13H,6-12H2,1-5H3,(H,21,24)(H2,18,19,20);1H. The van der Waals surface area contributed by atoms with Crippen molar-refractivity contribution in [2.45, 2.75) is 59.4 Å². The van der Waals surface area contributed by atoms with E-state index in [4.69, 9.17) is 0 Å². The number of guanidine groups is 1. The van der Waals surface area contributed by atoms with Gasteiger partial charge in [-0.05, 0) is 39.0 Å². The molecule has 7 nitrogen and oxygen atoms in total. The minimum absolute atomic E-state index is 0. The van der Waals surface area contributed by atoms with E-state index in [9.17, 15) is 9.59 Å². The van der Waals surface area contributed by atoms with Crippen molar-refractivity contribution in [2.24, 2.45) is 10.9 Å². The molecule has 1 aliphatic heterocycles. The fraction of sp³-hybridized carbons (Fsp3) is 0.824. The summed E-state index contributed by atoms with van der Waals surface area (Å²) < 4.78 is 0. The number of imide groups is 1. The van der Waals surface area contributed by atoms with Crippen LogP contribution in [0.5, 0.6) is 0 Å². The van der Waals surface area contributed by atoms with E-state index in [1.807, 2.05) is 13.8 Å². The minimum Gasteiger partial charge on any atom is -0.357 e. The van der Waals surface area contributed by atoms with Crippen LogP contribution < -0.4 is 16.0 Å². The summed E-state index contributed by atoms with van der Waals surface area (Å²) in [4.78, 5) is 30.0. The highest BCUT2D eigenvalue weighted by atomic mass is 127. The van der Waals surface area contributed by atoms with Gasteiger partial charge in [0.15, 0.2) is 5.96 Å². The monoisotopic (exact) mass is 467 g/mol. The van der Waals surface area contributed by atoms with Gasteiger partial charge in [0.2, 0.25) is 0 Å². The highest BCUT2D eigenvalue weighted by molar-refractivity contribution is 14.0. The summed E-state index contributed by atoms with van der Waals surface area (Å²) in [6.07, 6.45) is 2.33. The molecule has 3 amide bonds. The molecule has 1 saturated heterocycles. The Balaban J connectivity index is 0.00000576. The van der Waals surface area contributed by atoms with E-state index < -0.39 is 5.54 Å². The molecule has 0 aromatic rings. The molecular weight excluding hydrogens is 433 g/mol. The van der Waals surface area contributed by atoms with E-state index in [2.05, 4.69) is 34.8 Å². The van der Waals surface area contributed by atoms with E-state index in [-0.39, 0.29) is 35.9 Å². The van der Waals surface area contributed by atoms with Crippen molar-refractivity contribution in [1.82, 2.24) is 20.9 Å². The average Bonchev–Trinajstić information content (AvgIpc) is 2.74. The van der Waals surface area contributed by atoms with Crippen LogP contribution in [0.3, 0.4) is 0 Å². The minimum atomic E-state index is -0.756. The maximum absolute atomic E-state index is 12.3. The van der Waals surface area contributed by atoms with Gasteiger partial charge in [-0.25, -0.2) is 4.79 Å². The Bertz CT molecular complexity index is 470. The second-order valence-corrected chi connectivity index (χ2v) is 6.80. The fourth-order valence-electron chi connectivity index (χ4n) is 2.43. The van der Waals surface area contributed by atoms with Crippen LogP contribution in [0.1, 0.15) is 53.9 Å². The quantitative estimate of drug-likeness (QED) is 0.160. The molecule has 0 aromatic heterocycles. The number of nitrogens with one attached hydrogen (secondary N) is 3. The number of rotatable bonds is 9. The Kier molecular flexibility index (Phi) is 11.0. The normalized spacial score (nSPS) is 20.6. The number of amides is 3. The van der Waals surface area contributed by atoms with Crippen molar-refractivity contribution in [3.8, 4) is 0 Å². The van der Waals surface area contributed by atoms with E-state index in [0.29, 0.717) is 31.8 Å². The molecule has 1 rings (SSSR count). The van der Waals surface area contributed by atoms with E-state index >= 15 is 0 Å². The molecule has 0 aliphatic carbocycles. The summed E-state index contributed by atoms with van der Waals surface area (Å²) in [5.74, 6) is 1.29. The van der Waals surface area contributed by atoms with Gasteiger partial charge in [-0.2, -0.15) is 0 Å². The number of halogens is 1. The van der Waals surface area contributed by atoms with E-state index in [1.54, 1.807) is 6.92 Å². The molecule has 1 atom stereocenters. The second-order valence-electron chi connectivity index (χ2n) is 6.80. The van der Waals surface area contributed by atoms with Gasteiger partial charge in [-0.1, -0.05) is 20.8 Å². The Morgan fingerprint density at radius 1 is 1.28 bits per heavy atom. The first-order chi connectivity index (χ1) is 11.3. The zero-order chi connectivity index (χ0) is 18.2. The fourth-order valence-corrected chi connectivity index (χ4v) is 2.43. The first-order valence-electron chi connectivity index (χ1n) is 9.00. The molecule has 0 bridgehead atoms. The van der Waals surface area contributed by atoms with Crippen LogP contribution in [0.2, 0.25) is 0 Å². The van der Waals surface area contributed by atoms with Crippen LogP contribution >= 0.6 is 24.0 Å².